The zero-order chi connectivity index (χ0) is 15.7. The molecular formula is C14H15ClN4O2S. The molecule has 1 fully saturated rings. The predicted molar refractivity (Wildman–Crippen MR) is 84.8 cm³/mol. The smallest absolute Gasteiger partial charge is 0.259 e. The number of nitrogens with zero attached hydrogens (tertiary/aromatic N) is 3. The van der Waals surface area contributed by atoms with E-state index < -0.39 is 0 Å². The third kappa shape index (κ3) is 3.53. The second kappa shape index (κ2) is 6.18. The summed E-state index contributed by atoms with van der Waals surface area (Å²) in [4.78, 5) is 16.3. The first-order chi connectivity index (χ1) is 10.5. The van der Waals surface area contributed by atoms with Gasteiger partial charge in [-0.3, -0.25) is 10.1 Å². The molecule has 0 saturated heterocycles. The average molecular weight is 339 g/mol. The van der Waals surface area contributed by atoms with Gasteiger partial charge in [0.1, 0.15) is 10.0 Å². The summed E-state index contributed by atoms with van der Waals surface area (Å²) in [6, 6.07) is 1.53. The maximum atomic E-state index is 12.2. The van der Waals surface area contributed by atoms with Gasteiger partial charge in [-0.2, -0.15) is 0 Å². The maximum Gasteiger partial charge on any atom is 0.259 e. The van der Waals surface area contributed by atoms with Gasteiger partial charge in [-0.25, -0.2) is 4.98 Å². The molecule has 3 rings (SSSR count). The molecular weight excluding hydrogens is 324 g/mol. The summed E-state index contributed by atoms with van der Waals surface area (Å²) in [5.41, 5.74) is 0.351. The van der Waals surface area contributed by atoms with E-state index in [1.165, 1.54) is 23.6 Å². The number of anilines is 1. The van der Waals surface area contributed by atoms with Crippen molar-refractivity contribution in [2.24, 2.45) is 0 Å². The molecule has 0 unspecified atom stereocenters. The number of nitrogens with one attached hydrogen (secondary N) is 1. The standard InChI is InChI=1S/C14H15ClN4O2S/c1-7(2)21-12-10(15)5-9(6-16-12)11(20)17-14-19-18-13(22-14)8-3-4-8/h5-8H,3-4H2,1-2H3,(H,17,19,20). The Morgan fingerprint density at radius 3 is 2.86 bits per heavy atom. The van der Waals surface area contributed by atoms with Crippen LogP contribution >= 0.6 is 22.9 Å². The van der Waals surface area contributed by atoms with Crippen LogP contribution < -0.4 is 10.1 Å². The predicted octanol–water partition coefficient (Wildman–Crippen LogP) is 3.50. The highest BCUT2D eigenvalue weighted by molar-refractivity contribution is 7.15. The highest BCUT2D eigenvalue weighted by Crippen LogP contribution is 2.42. The van der Waals surface area contributed by atoms with Gasteiger partial charge in [0, 0.05) is 12.1 Å². The Hall–Kier alpha value is -1.73. The topological polar surface area (TPSA) is 77.0 Å². The van der Waals surface area contributed by atoms with Crippen molar-refractivity contribution >= 4 is 34.0 Å². The van der Waals surface area contributed by atoms with Crippen molar-refractivity contribution in [3.05, 3.63) is 27.9 Å². The van der Waals surface area contributed by atoms with Crippen LogP contribution in [0.4, 0.5) is 5.13 Å². The molecule has 2 heterocycles. The second-order valence-corrected chi connectivity index (χ2v) is 6.77. The van der Waals surface area contributed by atoms with E-state index in [4.69, 9.17) is 16.3 Å². The Kier molecular flexibility index (Phi) is 4.26. The van der Waals surface area contributed by atoms with Crippen LogP contribution in [0.1, 0.15) is 48.0 Å². The van der Waals surface area contributed by atoms with Crippen LogP contribution in [-0.4, -0.2) is 27.2 Å². The first kappa shape index (κ1) is 15.2. The van der Waals surface area contributed by atoms with E-state index in [1.807, 2.05) is 13.8 Å². The lowest BCUT2D eigenvalue weighted by Crippen LogP contribution is -2.13. The second-order valence-electron chi connectivity index (χ2n) is 5.35. The highest BCUT2D eigenvalue weighted by Gasteiger charge is 2.27. The number of carbonyl (C=O) groups excluding carboxylic acids is 1. The zero-order valence-corrected chi connectivity index (χ0v) is 13.7. The number of hydrogen-bond acceptors (Lipinski definition) is 6. The van der Waals surface area contributed by atoms with Crippen molar-refractivity contribution in [1.82, 2.24) is 15.2 Å². The molecule has 116 valence electrons. The van der Waals surface area contributed by atoms with Crippen molar-refractivity contribution in [2.45, 2.75) is 38.7 Å². The van der Waals surface area contributed by atoms with Gasteiger partial charge in [0.2, 0.25) is 11.0 Å². The molecule has 2 aromatic rings. The number of aromatic nitrogens is 3. The average Bonchev–Trinajstić information content (AvgIpc) is 3.21. The van der Waals surface area contributed by atoms with Gasteiger partial charge < -0.3 is 4.74 Å². The van der Waals surface area contributed by atoms with E-state index in [1.54, 1.807) is 0 Å². The van der Waals surface area contributed by atoms with Crippen LogP contribution in [0, 0.1) is 0 Å². The van der Waals surface area contributed by atoms with Crippen LogP contribution in [0.5, 0.6) is 5.88 Å². The van der Waals surface area contributed by atoms with Crippen molar-refractivity contribution in [1.29, 1.82) is 0 Å². The summed E-state index contributed by atoms with van der Waals surface area (Å²) in [5, 5.41) is 12.6. The Balaban J connectivity index is 1.69. The number of halogens is 1. The van der Waals surface area contributed by atoms with Gasteiger partial charge in [0.15, 0.2) is 0 Å². The lowest BCUT2D eigenvalue weighted by atomic mass is 10.2. The minimum atomic E-state index is -0.316. The molecule has 6 nitrogen and oxygen atoms in total. The maximum absolute atomic E-state index is 12.2. The van der Waals surface area contributed by atoms with E-state index in [2.05, 4.69) is 20.5 Å². The SMILES string of the molecule is CC(C)Oc1ncc(C(=O)Nc2nnc(C3CC3)s2)cc1Cl. The van der Waals surface area contributed by atoms with Crippen molar-refractivity contribution < 1.29 is 9.53 Å². The molecule has 1 aliphatic rings. The fourth-order valence-electron chi connectivity index (χ4n) is 1.81. The molecule has 1 saturated carbocycles. The molecule has 0 radical (unpaired) electrons. The van der Waals surface area contributed by atoms with Crippen molar-refractivity contribution in [2.75, 3.05) is 5.32 Å². The number of pyridine rings is 1. The molecule has 2 aromatic heterocycles. The van der Waals surface area contributed by atoms with Gasteiger partial charge in [-0.1, -0.05) is 22.9 Å². The van der Waals surface area contributed by atoms with Gasteiger partial charge in [0.25, 0.3) is 5.91 Å². The molecule has 0 atom stereocenters. The monoisotopic (exact) mass is 338 g/mol. The molecule has 0 spiro atoms. The van der Waals surface area contributed by atoms with Gasteiger partial charge in [-0.15, -0.1) is 10.2 Å². The fraction of sp³-hybridized carbons (Fsp3) is 0.429. The van der Waals surface area contributed by atoms with E-state index in [-0.39, 0.29) is 12.0 Å². The highest BCUT2D eigenvalue weighted by atomic mass is 35.5. The Morgan fingerprint density at radius 1 is 1.45 bits per heavy atom. The number of ether oxygens (including phenoxy) is 1. The minimum Gasteiger partial charge on any atom is -0.474 e. The third-order valence-corrected chi connectivity index (χ3v) is 4.28. The van der Waals surface area contributed by atoms with Gasteiger partial charge >= 0.3 is 0 Å². The minimum absolute atomic E-state index is 0.0353. The molecule has 0 bridgehead atoms. The quantitative estimate of drug-likeness (QED) is 0.902. The fourth-order valence-corrected chi connectivity index (χ4v) is 2.93. The summed E-state index contributed by atoms with van der Waals surface area (Å²) < 4.78 is 5.44. The molecule has 22 heavy (non-hydrogen) atoms. The van der Waals surface area contributed by atoms with Crippen LogP contribution in [-0.2, 0) is 0 Å². The normalized spacial score (nSPS) is 14.2. The Morgan fingerprint density at radius 2 is 2.23 bits per heavy atom. The summed E-state index contributed by atoms with van der Waals surface area (Å²) in [5.74, 6) is 0.524. The largest absolute Gasteiger partial charge is 0.474 e. The van der Waals surface area contributed by atoms with Gasteiger partial charge in [0.05, 0.1) is 11.7 Å². The lowest BCUT2D eigenvalue weighted by molar-refractivity contribution is 0.102. The van der Waals surface area contributed by atoms with Crippen molar-refractivity contribution in [3.8, 4) is 5.88 Å². The third-order valence-electron chi connectivity index (χ3n) is 3.00. The molecule has 1 N–H and O–H groups in total. The van der Waals surface area contributed by atoms with Crippen LogP contribution in [0.25, 0.3) is 0 Å². The Bertz CT molecular complexity index is 700. The van der Waals surface area contributed by atoms with Crippen LogP contribution in [0.3, 0.4) is 0 Å². The van der Waals surface area contributed by atoms with Crippen LogP contribution in [0.15, 0.2) is 12.3 Å². The first-order valence-electron chi connectivity index (χ1n) is 7.00. The number of hydrogen-bond donors (Lipinski definition) is 1. The molecule has 0 aliphatic heterocycles. The lowest BCUT2D eigenvalue weighted by Gasteiger charge is -2.10. The summed E-state index contributed by atoms with van der Waals surface area (Å²) in [7, 11) is 0. The van der Waals surface area contributed by atoms with E-state index in [0.29, 0.717) is 27.5 Å². The van der Waals surface area contributed by atoms with Gasteiger partial charge in [-0.05, 0) is 32.8 Å². The van der Waals surface area contributed by atoms with E-state index in [9.17, 15) is 4.79 Å². The summed E-state index contributed by atoms with van der Waals surface area (Å²) in [6.45, 7) is 3.76. The summed E-state index contributed by atoms with van der Waals surface area (Å²) in [6.07, 6.45) is 3.70. The van der Waals surface area contributed by atoms with Crippen molar-refractivity contribution in [3.63, 3.8) is 0 Å². The Labute approximate surface area is 136 Å². The van der Waals surface area contributed by atoms with E-state index in [0.717, 1.165) is 17.8 Å². The van der Waals surface area contributed by atoms with Crippen LogP contribution in [0.2, 0.25) is 5.02 Å². The number of carbonyl (C=O) groups is 1. The van der Waals surface area contributed by atoms with E-state index >= 15 is 0 Å². The number of rotatable bonds is 5. The summed E-state index contributed by atoms with van der Waals surface area (Å²) >= 11 is 7.49. The zero-order valence-electron chi connectivity index (χ0n) is 12.2. The molecule has 1 amide bonds. The molecule has 8 heteroatoms. The molecule has 1 aliphatic carbocycles. The first-order valence-corrected chi connectivity index (χ1v) is 8.19. The number of amides is 1. The molecule has 0 aromatic carbocycles.